The van der Waals surface area contributed by atoms with Crippen LogP contribution < -0.4 is 0 Å². The van der Waals surface area contributed by atoms with Crippen molar-refractivity contribution in [1.82, 2.24) is 0 Å². The molecule has 1 nitrogen and oxygen atoms in total. The van der Waals surface area contributed by atoms with Crippen molar-refractivity contribution in [2.75, 3.05) is 0 Å². The van der Waals surface area contributed by atoms with Gasteiger partial charge in [-0.1, -0.05) is 32.9 Å². The average Bonchev–Trinajstić information content (AvgIpc) is 3.20. The molecule has 0 saturated heterocycles. The zero-order valence-electron chi connectivity index (χ0n) is 14.4. The molecule has 0 amide bonds. The molecular formula is C18H25F3OSi. The van der Waals surface area contributed by atoms with E-state index in [9.17, 15) is 13.2 Å². The maximum absolute atomic E-state index is 12.9. The lowest BCUT2D eigenvalue weighted by Crippen LogP contribution is -2.40. The molecule has 1 aromatic carbocycles. The van der Waals surface area contributed by atoms with Gasteiger partial charge in [0.1, 0.15) is 0 Å². The Morgan fingerprint density at radius 2 is 1.78 bits per heavy atom. The van der Waals surface area contributed by atoms with Crippen molar-refractivity contribution in [2.45, 2.75) is 57.9 Å². The van der Waals surface area contributed by atoms with Gasteiger partial charge in [0.2, 0.25) is 8.32 Å². The highest BCUT2D eigenvalue weighted by Crippen LogP contribution is 2.44. The normalized spacial score (nSPS) is 17.3. The summed E-state index contributed by atoms with van der Waals surface area (Å²) >= 11 is 0. The van der Waals surface area contributed by atoms with E-state index < -0.39 is 20.1 Å². The number of halogens is 3. The molecule has 0 aliphatic heterocycles. The van der Waals surface area contributed by atoms with Crippen LogP contribution in [0.15, 0.2) is 30.0 Å². The first kappa shape index (κ1) is 18.1. The Balaban J connectivity index is 2.30. The molecule has 0 aromatic heterocycles. The van der Waals surface area contributed by atoms with Crippen molar-refractivity contribution in [3.63, 3.8) is 0 Å². The minimum absolute atomic E-state index is 0.0643. The Kier molecular flexibility index (Phi) is 4.73. The Bertz CT molecular complexity index is 593. The Morgan fingerprint density at radius 1 is 1.17 bits per heavy atom. The lowest BCUT2D eigenvalue weighted by atomic mass is 10.1. The van der Waals surface area contributed by atoms with Crippen LogP contribution in [-0.2, 0) is 10.6 Å². The molecule has 0 unspecified atom stereocenters. The molecule has 0 N–H and O–H groups in total. The minimum atomic E-state index is -4.32. The van der Waals surface area contributed by atoms with Gasteiger partial charge in [0, 0.05) is 5.92 Å². The van der Waals surface area contributed by atoms with Crippen LogP contribution in [0, 0.1) is 5.92 Å². The van der Waals surface area contributed by atoms with E-state index >= 15 is 0 Å². The van der Waals surface area contributed by atoms with Gasteiger partial charge in [0.05, 0.1) is 11.3 Å². The smallest absolute Gasteiger partial charge is 0.416 e. The van der Waals surface area contributed by atoms with Gasteiger partial charge in [-0.05, 0) is 54.7 Å². The Morgan fingerprint density at radius 3 is 2.26 bits per heavy atom. The predicted octanol–water partition coefficient (Wildman–Crippen LogP) is 6.48. The quantitative estimate of drug-likeness (QED) is 0.449. The lowest BCUT2D eigenvalue weighted by Gasteiger charge is -2.37. The third kappa shape index (κ3) is 4.63. The SMILES string of the molecule is CC(C)(C)[Si](C)(C)OC(=Cc1cccc(C(F)(F)F)c1)C1CC1. The molecule has 23 heavy (non-hydrogen) atoms. The Hall–Kier alpha value is -1.23. The number of rotatable bonds is 4. The molecule has 0 heterocycles. The molecule has 1 fully saturated rings. The van der Waals surface area contributed by atoms with Crippen molar-refractivity contribution in [1.29, 1.82) is 0 Å². The van der Waals surface area contributed by atoms with E-state index in [0.717, 1.165) is 24.7 Å². The van der Waals surface area contributed by atoms with E-state index in [-0.39, 0.29) is 5.04 Å². The highest BCUT2D eigenvalue weighted by atomic mass is 28.4. The predicted molar refractivity (Wildman–Crippen MR) is 90.4 cm³/mol. The maximum atomic E-state index is 12.9. The van der Waals surface area contributed by atoms with Crippen LogP contribution in [0.25, 0.3) is 6.08 Å². The number of alkyl halides is 3. The number of allylic oxidation sites excluding steroid dienone is 1. The van der Waals surface area contributed by atoms with Crippen LogP contribution in [0.5, 0.6) is 0 Å². The molecule has 1 aromatic rings. The first-order chi connectivity index (χ1) is 10.4. The molecule has 5 heteroatoms. The summed E-state index contributed by atoms with van der Waals surface area (Å²) in [5.74, 6) is 1.22. The van der Waals surface area contributed by atoms with Crippen LogP contribution in [0.2, 0.25) is 18.1 Å². The van der Waals surface area contributed by atoms with Gasteiger partial charge in [0.25, 0.3) is 0 Å². The molecule has 0 atom stereocenters. The second-order valence-corrected chi connectivity index (χ2v) is 12.5. The molecule has 1 aliphatic rings. The molecule has 0 spiro atoms. The summed E-state index contributed by atoms with van der Waals surface area (Å²) in [6.07, 6.45) is -0.407. The van der Waals surface area contributed by atoms with Gasteiger partial charge >= 0.3 is 6.18 Å². The van der Waals surface area contributed by atoms with Gasteiger partial charge in [-0.2, -0.15) is 13.2 Å². The monoisotopic (exact) mass is 342 g/mol. The van der Waals surface area contributed by atoms with Gasteiger partial charge < -0.3 is 4.43 Å². The maximum Gasteiger partial charge on any atom is 0.416 e. The second kappa shape index (κ2) is 6.00. The van der Waals surface area contributed by atoms with Crippen molar-refractivity contribution >= 4 is 14.4 Å². The van der Waals surface area contributed by atoms with E-state index in [1.165, 1.54) is 12.1 Å². The molecule has 1 aliphatic carbocycles. The van der Waals surface area contributed by atoms with Crippen molar-refractivity contribution in [2.24, 2.45) is 5.92 Å². The number of hydrogen-bond donors (Lipinski definition) is 0. The summed E-state index contributed by atoms with van der Waals surface area (Å²) in [4.78, 5) is 0. The van der Waals surface area contributed by atoms with Gasteiger partial charge in [-0.3, -0.25) is 0 Å². The molecule has 2 rings (SSSR count). The molecule has 0 radical (unpaired) electrons. The first-order valence-electron chi connectivity index (χ1n) is 7.98. The summed E-state index contributed by atoms with van der Waals surface area (Å²) < 4.78 is 45.0. The summed E-state index contributed by atoms with van der Waals surface area (Å²) in [7, 11) is -1.99. The van der Waals surface area contributed by atoms with Crippen molar-refractivity contribution < 1.29 is 17.6 Å². The van der Waals surface area contributed by atoms with Crippen molar-refractivity contribution in [3.8, 4) is 0 Å². The number of benzene rings is 1. The van der Waals surface area contributed by atoms with E-state index in [1.807, 2.05) is 0 Å². The summed E-state index contributed by atoms with van der Waals surface area (Å²) in [5.41, 5.74) is -0.0610. The van der Waals surface area contributed by atoms with E-state index in [1.54, 1.807) is 12.1 Å². The molecule has 0 bridgehead atoms. The fourth-order valence-corrected chi connectivity index (χ4v) is 3.14. The van der Waals surface area contributed by atoms with Crippen LogP contribution in [-0.4, -0.2) is 8.32 Å². The van der Waals surface area contributed by atoms with Crippen LogP contribution in [0.4, 0.5) is 13.2 Å². The van der Waals surface area contributed by atoms with Crippen LogP contribution in [0.1, 0.15) is 44.7 Å². The second-order valence-electron chi connectivity index (χ2n) is 7.81. The fraction of sp³-hybridized carbons (Fsp3) is 0.556. The summed E-state index contributed by atoms with van der Waals surface area (Å²) in [6.45, 7) is 10.8. The summed E-state index contributed by atoms with van der Waals surface area (Å²) in [5, 5.41) is 0.0643. The van der Waals surface area contributed by atoms with E-state index in [0.29, 0.717) is 11.5 Å². The zero-order chi connectivity index (χ0) is 17.5. The third-order valence-electron chi connectivity index (χ3n) is 4.68. The third-order valence-corrected chi connectivity index (χ3v) is 9.04. The molecular weight excluding hydrogens is 317 g/mol. The van der Waals surface area contributed by atoms with Crippen molar-refractivity contribution in [3.05, 3.63) is 41.2 Å². The van der Waals surface area contributed by atoms with Gasteiger partial charge in [0.15, 0.2) is 0 Å². The molecule has 1 saturated carbocycles. The first-order valence-corrected chi connectivity index (χ1v) is 10.9. The lowest BCUT2D eigenvalue weighted by molar-refractivity contribution is -0.137. The Labute approximate surface area is 137 Å². The average molecular weight is 342 g/mol. The van der Waals surface area contributed by atoms with Gasteiger partial charge in [-0.25, -0.2) is 0 Å². The van der Waals surface area contributed by atoms with Gasteiger partial charge in [-0.15, -0.1) is 0 Å². The van der Waals surface area contributed by atoms with Crippen LogP contribution >= 0.6 is 0 Å². The molecule has 128 valence electrons. The number of hydrogen-bond acceptors (Lipinski definition) is 1. The standard InChI is InChI=1S/C18H25F3OSi/c1-17(2,3)23(4,5)22-16(14-9-10-14)12-13-7-6-8-15(11-13)18(19,20)21/h6-8,11-12,14H,9-10H2,1-5H3. The highest BCUT2D eigenvalue weighted by Gasteiger charge is 2.41. The fourth-order valence-electron chi connectivity index (χ4n) is 2.02. The van der Waals surface area contributed by atoms with Crippen LogP contribution in [0.3, 0.4) is 0 Å². The summed E-state index contributed by atoms with van der Waals surface area (Å²) in [6, 6.07) is 5.44. The largest absolute Gasteiger partial charge is 0.546 e. The van der Waals surface area contributed by atoms with E-state index in [4.69, 9.17) is 4.43 Å². The van der Waals surface area contributed by atoms with E-state index in [2.05, 4.69) is 33.9 Å². The highest BCUT2D eigenvalue weighted by molar-refractivity contribution is 6.74. The minimum Gasteiger partial charge on any atom is -0.546 e. The zero-order valence-corrected chi connectivity index (χ0v) is 15.4. The topological polar surface area (TPSA) is 9.23 Å².